The van der Waals surface area contributed by atoms with Crippen molar-refractivity contribution in [2.45, 2.75) is 25.8 Å². The van der Waals surface area contributed by atoms with E-state index in [1.165, 1.54) is 0 Å². The van der Waals surface area contributed by atoms with Gasteiger partial charge in [0.2, 0.25) is 0 Å². The second-order valence-electron chi connectivity index (χ2n) is 2.92. The van der Waals surface area contributed by atoms with E-state index in [4.69, 9.17) is 5.53 Å². The summed E-state index contributed by atoms with van der Waals surface area (Å²) in [6, 6.07) is 9.87. The summed E-state index contributed by atoms with van der Waals surface area (Å²) in [6.07, 6.45) is 1.94. The third kappa shape index (κ3) is 2.80. The normalized spacial score (nSPS) is 11.8. The highest BCUT2D eigenvalue weighted by Gasteiger charge is 2.06. The first-order chi connectivity index (χ1) is 6.38. The lowest BCUT2D eigenvalue weighted by atomic mass is 10.0. The van der Waals surface area contributed by atoms with Crippen molar-refractivity contribution in [3.05, 3.63) is 46.3 Å². The van der Waals surface area contributed by atoms with Gasteiger partial charge in [0.1, 0.15) is 0 Å². The maximum Gasteiger partial charge on any atom is 0.0625 e. The van der Waals surface area contributed by atoms with Gasteiger partial charge in [-0.15, -0.1) is 0 Å². The van der Waals surface area contributed by atoms with Crippen molar-refractivity contribution in [2.75, 3.05) is 0 Å². The van der Waals surface area contributed by atoms with E-state index in [0.29, 0.717) is 0 Å². The summed E-state index contributed by atoms with van der Waals surface area (Å²) in [5.74, 6) is 0. The summed E-state index contributed by atoms with van der Waals surface area (Å²) in [6.45, 7) is 2.09. The lowest BCUT2D eigenvalue weighted by molar-refractivity contribution is 0.634. The lowest BCUT2D eigenvalue weighted by Gasteiger charge is -2.08. The van der Waals surface area contributed by atoms with Crippen molar-refractivity contribution in [3.8, 4) is 0 Å². The van der Waals surface area contributed by atoms with Crippen LogP contribution in [0.4, 0.5) is 0 Å². The van der Waals surface area contributed by atoms with Gasteiger partial charge in [0.15, 0.2) is 0 Å². The van der Waals surface area contributed by atoms with Crippen molar-refractivity contribution < 1.29 is 0 Å². The molecule has 0 bridgehead atoms. The summed E-state index contributed by atoms with van der Waals surface area (Å²) < 4.78 is 0. The molecule has 0 aliphatic carbocycles. The van der Waals surface area contributed by atoms with Gasteiger partial charge in [-0.3, -0.25) is 0 Å². The standard InChI is InChI=1S/C10H13N3/c1-2-6-10(12-13-11)9-7-4-3-5-8-9/h3-5,7-8,10H,2,6H2,1H3/t10-/m1/s1. The van der Waals surface area contributed by atoms with E-state index < -0.39 is 0 Å². The van der Waals surface area contributed by atoms with Crippen LogP contribution < -0.4 is 0 Å². The number of benzene rings is 1. The monoisotopic (exact) mass is 175 g/mol. The third-order valence-corrected chi connectivity index (χ3v) is 1.94. The maximum absolute atomic E-state index is 8.38. The Morgan fingerprint density at radius 2 is 2.08 bits per heavy atom. The minimum Gasteiger partial charge on any atom is -0.0859 e. The van der Waals surface area contributed by atoms with Crippen LogP contribution in [0.3, 0.4) is 0 Å². The van der Waals surface area contributed by atoms with E-state index in [-0.39, 0.29) is 6.04 Å². The summed E-state index contributed by atoms with van der Waals surface area (Å²) >= 11 is 0. The van der Waals surface area contributed by atoms with Crippen LogP contribution in [0.2, 0.25) is 0 Å². The molecule has 0 N–H and O–H groups in total. The molecule has 1 atom stereocenters. The molecule has 1 aromatic carbocycles. The number of nitrogens with zero attached hydrogens (tertiary/aromatic N) is 3. The molecule has 0 amide bonds. The molecule has 0 saturated carbocycles. The Kier molecular flexibility index (Phi) is 3.86. The molecule has 0 fully saturated rings. The molecule has 13 heavy (non-hydrogen) atoms. The van der Waals surface area contributed by atoms with E-state index in [9.17, 15) is 0 Å². The van der Waals surface area contributed by atoms with E-state index in [1.807, 2.05) is 30.3 Å². The highest BCUT2D eigenvalue weighted by Crippen LogP contribution is 2.22. The Hall–Kier alpha value is -1.47. The maximum atomic E-state index is 8.38. The van der Waals surface area contributed by atoms with E-state index in [0.717, 1.165) is 18.4 Å². The van der Waals surface area contributed by atoms with Crippen LogP contribution in [-0.4, -0.2) is 0 Å². The Labute approximate surface area is 78.0 Å². The van der Waals surface area contributed by atoms with Crippen molar-refractivity contribution in [2.24, 2.45) is 5.11 Å². The molecule has 0 radical (unpaired) electrons. The molecular weight excluding hydrogens is 162 g/mol. The van der Waals surface area contributed by atoms with Crippen LogP contribution >= 0.6 is 0 Å². The number of rotatable bonds is 4. The molecule has 0 aromatic heterocycles. The van der Waals surface area contributed by atoms with Crippen LogP contribution in [0.15, 0.2) is 35.4 Å². The third-order valence-electron chi connectivity index (χ3n) is 1.94. The molecule has 3 heteroatoms. The summed E-state index contributed by atoms with van der Waals surface area (Å²) in [7, 11) is 0. The lowest BCUT2D eigenvalue weighted by Crippen LogP contribution is -1.92. The van der Waals surface area contributed by atoms with Crippen molar-refractivity contribution in [1.29, 1.82) is 0 Å². The molecule has 0 saturated heterocycles. The van der Waals surface area contributed by atoms with Crippen LogP contribution in [0, 0.1) is 0 Å². The zero-order valence-electron chi connectivity index (χ0n) is 7.72. The van der Waals surface area contributed by atoms with E-state index in [1.54, 1.807) is 0 Å². The van der Waals surface area contributed by atoms with Gasteiger partial charge in [0.05, 0.1) is 6.04 Å². The highest BCUT2D eigenvalue weighted by atomic mass is 15.1. The zero-order valence-corrected chi connectivity index (χ0v) is 7.72. The molecule has 68 valence electrons. The first-order valence-corrected chi connectivity index (χ1v) is 4.47. The van der Waals surface area contributed by atoms with Crippen molar-refractivity contribution in [1.82, 2.24) is 0 Å². The second-order valence-corrected chi connectivity index (χ2v) is 2.92. The molecule has 1 aromatic rings. The van der Waals surface area contributed by atoms with Crippen LogP contribution in [0.5, 0.6) is 0 Å². The SMILES string of the molecule is CCC[C@@H](N=[N+]=[N-])c1ccccc1. The molecule has 1 rings (SSSR count). The van der Waals surface area contributed by atoms with Gasteiger partial charge in [0, 0.05) is 4.91 Å². The van der Waals surface area contributed by atoms with Gasteiger partial charge in [-0.05, 0) is 17.5 Å². The Balaban J connectivity index is 2.81. The summed E-state index contributed by atoms with van der Waals surface area (Å²) in [5.41, 5.74) is 9.48. The van der Waals surface area contributed by atoms with Crippen LogP contribution in [0.25, 0.3) is 10.4 Å². The molecule has 0 unspecified atom stereocenters. The van der Waals surface area contributed by atoms with Gasteiger partial charge in [-0.25, -0.2) is 0 Å². The van der Waals surface area contributed by atoms with Gasteiger partial charge in [-0.2, -0.15) is 0 Å². The van der Waals surface area contributed by atoms with Gasteiger partial charge in [-0.1, -0.05) is 48.8 Å². The fourth-order valence-corrected chi connectivity index (χ4v) is 1.30. The quantitative estimate of drug-likeness (QED) is 0.379. The summed E-state index contributed by atoms with van der Waals surface area (Å²) in [4.78, 5) is 2.86. The van der Waals surface area contributed by atoms with Crippen LogP contribution in [0.1, 0.15) is 31.4 Å². The predicted octanol–water partition coefficient (Wildman–Crippen LogP) is 3.84. The smallest absolute Gasteiger partial charge is 0.0625 e. The van der Waals surface area contributed by atoms with Crippen molar-refractivity contribution in [3.63, 3.8) is 0 Å². The minimum atomic E-state index is -0.00352. The predicted molar refractivity (Wildman–Crippen MR) is 53.2 cm³/mol. The largest absolute Gasteiger partial charge is 0.0859 e. The minimum absolute atomic E-state index is 0.00352. The average Bonchev–Trinajstić information content (AvgIpc) is 2.19. The second kappa shape index (κ2) is 5.22. The fraction of sp³-hybridized carbons (Fsp3) is 0.400. The molecule has 0 spiro atoms. The Morgan fingerprint density at radius 3 is 2.62 bits per heavy atom. The molecule has 0 aliphatic rings. The molecule has 0 heterocycles. The zero-order chi connectivity index (χ0) is 9.52. The first kappa shape index (κ1) is 9.62. The Morgan fingerprint density at radius 1 is 1.38 bits per heavy atom. The average molecular weight is 175 g/mol. The summed E-state index contributed by atoms with van der Waals surface area (Å²) in [5, 5.41) is 3.76. The van der Waals surface area contributed by atoms with Gasteiger partial charge < -0.3 is 0 Å². The van der Waals surface area contributed by atoms with Gasteiger partial charge >= 0.3 is 0 Å². The fourth-order valence-electron chi connectivity index (χ4n) is 1.30. The number of hydrogen-bond acceptors (Lipinski definition) is 1. The van der Waals surface area contributed by atoms with Gasteiger partial charge in [0.25, 0.3) is 0 Å². The number of hydrogen-bond donors (Lipinski definition) is 0. The van der Waals surface area contributed by atoms with Crippen LogP contribution in [-0.2, 0) is 0 Å². The first-order valence-electron chi connectivity index (χ1n) is 4.47. The highest BCUT2D eigenvalue weighted by molar-refractivity contribution is 5.18. The van der Waals surface area contributed by atoms with Crippen molar-refractivity contribution >= 4 is 0 Å². The molecule has 0 aliphatic heterocycles. The van der Waals surface area contributed by atoms with E-state index in [2.05, 4.69) is 16.9 Å². The Bertz CT molecular complexity index is 288. The molecular formula is C10H13N3. The van der Waals surface area contributed by atoms with E-state index >= 15 is 0 Å². The number of azide groups is 1. The molecule has 3 nitrogen and oxygen atoms in total. The topological polar surface area (TPSA) is 48.8 Å².